The summed E-state index contributed by atoms with van der Waals surface area (Å²) in [5.41, 5.74) is 1.79. The number of nitrogens with one attached hydrogen (secondary N) is 3. The molecule has 0 radical (unpaired) electrons. The number of benzene rings is 2. The Morgan fingerprint density at radius 1 is 1.13 bits per heavy atom. The molecule has 3 N–H and O–H groups in total. The van der Waals surface area contributed by atoms with E-state index in [1.807, 2.05) is 0 Å². The van der Waals surface area contributed by atoms with Gasteiger partial charge in [0.2, 0.25) is 6.79 Å². The number of fused-ring (bicyclic) bond motifs is 1. The first-order chi connectivity index (χ1) is 14.9. The Hall–Kier alpha value is -3.59. The Bertz CT molecular complexity index is 1100. The molecule has 162 valence electrons. The normalized spacial score (nSPS) is 17.0. The molecule has 9 nitrogen and oxygen atoms in total. The minimum Gasteiger partial charge on any atom is -0.495 e. The van der Waals surface area contributed by atoms with Gasteiger partial charge in [0.25, 0.3) is 5.91 Å². The Morgan fingerprint density at radius 3 is 2.61 bits per heavy atom. The zero-order valence-corrected chi connectivity index (χ0v) is 17.8. The second-order valence-corrected chi connectivity index (χ2v) is 7.23. The maximum Gasteiger partial charge on any atom is 0.319 e. The number of halogens is 1. The van der Waals surface area contributed by atoms with Gasteiger partial charge in [-0.15, -0.1) is 0 Å². The number of allylic oxidation sites excluding steroid dienone is 1. The standard InChI is InChI=1S/C21H20ClN3O6/c1-10-18(20(26)24-13-8-15(28-2)12(22)7-16(13)29-3)19(25-21(27)23-10)11-4-5-14-17(6-11)31-9-30-14/h4-8,19H,9H2,1-3H3,(H,24,26)(H2,23,25,27)/t19-/m0/s1. The minimum absolute atomic E-state index is 0.123. The summed E-state index contributed by atoms with van der Waals surface area (Å²) in [6.45, 7) is 1.78. The van der Waals surface area contributed by atoms with Gasteiger partial charge in [0, 0.05) is 17.8 Å². The summed E-state index contributed by atoms with van der Waals surface area (Å²) < 4.78 is 21.3. The molecule has 2 aliphatic rings. The highest BCUT2D eigenvalue weighted by molar-refractivity contribution is 6.32. The highest BCUT2D eigenvalue weighted by Gasteiger charge is 2.32. The summed E-state index contributed by atoms with van der Waals surface area (Å²) in [5, 5.41) is 8.60. The first-order valence-electron chi connectivity index (χ1n) is 9.32. The fourth-order valence-corrected chi connectivity index (χ4v) is 3.72. The number of carbonyl (C=O) groups excluding carboxylic acids is 2. The molecule has 2 aliphatic heterocycles. The van der Waals surface area contributed by atoms with E-state index in [0.717, 1.165) is 0 Å². The molecule has 0 saturated carbocycles. The van der Waals surface area contributed by atoms with Crippen molar-refractivity contribution in [3.8, 4) is 23.0 Å². The Balaban J connectivity index is 1.70. The zero-order valence-electron chi connectivity index (χ0n) is 17.0. The second kappa shape index (κ2) is 8.27. The van der Waals surface area contributed by atoms with Crippen molar-refractivity contribution < 1.29 is 28.5 Å². The fourth-order valence-electron chi connectivity index (χ4n) is 3.49. The molecule has 4 rings (SSSR count). The summed E-state index contributed by atoms with van der Waals surface area (Å²) in [7, 11) is 2.94. The number of urea groups is 1. The SMILES string of the molecule is COc1cc(NC(=O)C2=C(C)NC(=O)N[C@H]2c2ccc3c(c2)OCO3)c(OC)cc1Cl. The average Bonchev–Trinajstić information content (AvgIpc) is 3.21. The lowest BCUT2D eigenvalue weighted by Crippen LogP contribution is -2.46. The number of rotatable bonds is 5. The van der Waals surface area contributed by atoms with Crippen molar-refractivity contribution >= 4 is 29.2 Å². The zero-order chi connectivity index (χ0) is 22.1. The average molecular weight is 446 g/mol. The molecular formula is C21H20ClN3O6. The van der Waals surface area contributed by atoms with Crippen LogP contribution in [-0.2, 0) is 4.79 Å². The maximum atomic E-state index is 13.3. The smallest absolute Gasteiger partial charge is 0.319 e. The third kappa shape index (κ3) is 3.91. The molecule has 0 unspecified atom stereocenters. The van der Waals surface area contributed by atoms with E-state index in [4.69, 9.17) is 30.5 Å². The summed E-state index contributed by atoms with van der Waals surface area (Å²) >= 11 is 6.15. The van der Waals surface area contributed by atoms with Gasteiger partial charge in [-0.3, -0.25) is 4.79 Å². The van der Waals surface area contributed by atoms with E-state index in [0.29, 0.717) is 50.5 Å². The molecule has 0 aromatic heterocycles. The van der Waals surface area contributed by atoms with Crippen LogP contribution in [0, 0.1) is 0 Å². The van der Waals surface area contributed by atoms with Gasteiger partial charge < -0.3 is 34.9 Å². The van der Waals surface area contributed by atoms with Crippen LogP contribution in [0.1, 0.15) is 18.5 Å². The lowest BCUT2D eigenvalue weighted by molar-refractivity contribution is -0.113. The van der Waals surface area contributed by atoms with Crippen LogP contribution in [0.15, 0.2) is 41.6 Å². The van der Waals surface area contributed by atoms with Crippen molar-refractivity contribution in [2.75, 3.05) is 26.3 Å². The Morgan fingerprint density at radius 2 is 1.87 bits per heavy atom. The van der Waals surface area contributed by atoms with E-state index in [9.17, 15) is 9.59 Å². The molecule has 0 spiro atoms. The van der Waals surface area contributed by atoms with Crippen LogP contribution in [0.4, 0.5) is 10.5 Å². The third-order valence-electron chi connectivity index (χ3n) is 4.97. The van der Waals surface area contributed by atoms with Crippen molar-refractivity contribution in [1.82, 2.24) is 10.6 Å². The van der Waals surface area contributed by atoms with Gasteiger partial charge in [0.05, 0.1) is 36.5 Å². The van der Waals surface area contributed by atoms with Gasteiger partial charge in [-0.1, -0.05) is 17.7 Å². The number of carbonyl (C=O) groups is 2. The lowest BCUT2D eigenvalue weighted by atomic mass is 9.94. The molecule has 0 aliphatic carbocycles. The predicted octanol–water partition coefficient (Wildman–Crippen LogP) is 3.35. The molecule has 2 aromatic rings. The predicted molar refractivity (Wildman–Crippen MR) is 113 cm³/mol. The van der Waals surface area contributed by atoms with Crippen LogP contribution >= 0.6 is 11.6 Å². The van der Waals surface area contributed by atoms with Gasteiger partial charge in [0.1, 0.15) is 11.5 Å². The Kier molecular flexibility index (Phi) is 5.51. The minimum atomic E-state index is -0.705. The van der Waals surface area contributed by atoms with Crippen LogP contribution < -0.4 is 34.9 Å². The van der Waals surface area contributed by atoms with Crippen molar-refractivity contribution in [1.29, 1.82) is 0 Å². The quantitative estimate of drug-likeness (QED) is 0.651. The first-order valence-corrected chi connectivity index (χ1v) is 9.69. The molecule has 10 heteroatoms. The van der Waals surface area contributed by atoms with E-state index in [-0.39, 0.29) is 6.79 Å². The molecule has 31 heavy (non-hydrogen) atoms. The summed E-state index contributed by atoms with van der Waals surface area (Å²) in [6.07, 6.45) is 0. The number of ether oxygens (including phenoxy) is 4. The second-order valence-electron chi connectivity index (χ2n) is 6.82. The molecule has 2 heterocycles. The number of methoxy groups -OCH3 is 2. The van der Waals surface area contributed by atoms with Gasteiger partial charge >= 0.3 is 6.03 Å². The van der Waals surface area contributed by atoms with Crippen molar-refractivity contribution in [3.05, 3.63) is 52.2 Å². The van der Waals surface area contributed by atoms with Crippen molar-refractivity contribution in [2.24, 2.45) is 0 Å². The molecule has 3 amide bonds. The molecule has 1 atom stereocenters. The molecule has 2 aromatic carbocycles. The monoisotopic (exact) mass is 445 g/mol. The van der Waals surface area contributed by atoms with Gasteiger partial charge in [-0.25, -0.2) is 4.79 Å². The highest BCUT2D eigenvalue weighted by atomic mass is 35.5. The number of hydrogen-bond acceptors (Lipinski definition) is 6. The number of anilines is 1. The van der Waals surface area contributed by atoms with E-state index in [1.54, 1.807) is 37.3 Å². The van der Waals surface area contributed by atoms with Crippen LogP contribution in [0.2, 0.25) is 5.02 Å². The van der Waals surface area contributed by atoms with Crippen LogP contribution in [0.25, 0.3) is 0 Å². The largest absolute Gasteiger partial charge is 0.495 e. The fraction of sp³-hybridized carbons (Fsp3) is 0.238. The van der Waals surface area contributed by atoms with Crippen molar-refractivity contribution in [3.63, 3.8) is 0 Å². The molecule has 0 fully saturated rings. The van der Waals surface area contributed by atoms with Crippen molar-refractivity contribution in [2.45, 2.75) is 13.0 Å². The Labute approximate surface area is 183 Å². The van der Waals surface area contributed by atoms with Gasteiger partial charge in [-0.2, -0.15) is 0 Å². The van der Waals surface area contributed by atoms with E-state index < -0.39 is 18.0 Å². The highest BCUT2D eigenvalue weighted by Crippen LogP contribution is 2.39. The molecule has 0 saturated heterocycles. The molecular weight excluding hydrogens is 426 g/mol. The number of amides is 3. The number of hydrogen-bond donors (Lipinski definition) is 3. The van der Waals surface area contributed by atoms with Gasteiger partial charge in [-0.05, 0) is 24.6 Å². The maximum absolute atomic E-state index is 13.3. The van der Waals surface area contributed by atoms with E-state index in [1.165, 1.54) is 14.2 Å². The molecule has 0 bridgehead atoms. The first kappa shape index (κ1) is 20.7. The third-order valence-corrected chi connectivity index (χ3v) is 5.26. The van der Waals surface area contributed by atoms with E-state index in [2.05, 4.69) is 16.0 Å². The topological polar surface area (TPSA) is 107 Å². The summed E-state index contributed by atoms with van der Waals surface area (Å²) in [5.74, 6) is 1.46. The summed E-state index contributed by atoms with van der Waals surface area (Å²) in [6, 6.07) is 7.25. The lowest BCUT2D eigenvalue weighted by Gasteiger charge is -2.29. The summed E-state index contributed by atoms with van der Waals surface area (Å²) in [4.78, 5) is 25.5. The van der Waals surface area contributed by atoms with Crippen LogP contribution in [0.3, 0.4) is 0 Å². The van der Waals surface area contributed by atoms with E-state index >= 15 is 0 Å². The van der Waals surface area contributed by atoms with Crippen LogP contribution in [0.5, 0.6) is 23.0 Å². The van der Waals surface area contributed by atoms with Gasteiger partial charge in [0.15, 0.2) is 11.5 Å². The van der Waals surface area contributed by atoms with Crippen LogP contribution in [-0.4, -0.2) is 33.0 Å².